The molecule has 37 heavy (non-hydrogen) atoms. The van der Waals surface area contributed by atoms with Crippen molar-refractivity contribution in [1.29, 1.82) is 0 Å². The summed E-state index contributed by atoms with van der Waals surface area (Å²) in [6.07, 6.45) is 0.829. The highest BCUT2D eigenvalue weighted by Crippen LogP contribution is 2.45. The summed E-state index contributed by atoms with van der Waals surface area (Å²) in [5, 5.41) is 11.7. The number of carbonyl (C=O) groups is 2. The van der Waals surface area contributed by atoms with Crippen molar-refractivity contribution in [2.45, 2.75) is 26.3 Å². The minimum atomic E-state index is -0.907. The van der Waals surface area contributed by atoms with Crippen molar-refractivity contribution in [2.24, 2.45) is 0 Å². The normalized spacial score (nSPS) is 16.7. The van der Waals surface area contributed by atoms with E-state index in [2.05, 4.69) is 0 Å². The smallest absolute Gasteiger partial charge is 0.300 e. The van der Waals surface area contributed by atoms with Gasteiger partial charge in [-0.15, -0.1) is 0 Å². The lowest BCUT2D eigenvalue weighted by Crippen LogP contribution is -2.29. The predicted molar refractivity (Wildman–Crippen MR) is 143 cm³/mol. The van der Waals surface area contributed by atoms with Crippen molar-refractivity contribution in [3.05, 3.63) is 87.9 Å². The highest BCUT2D eigenvalue weighted by atomic mass is 35.5. The predicted octanol–water partition coefficient (Wildman–Crippen LogP) is 5.94. The maximum absolute atomic E-state index is 13.5. The zero-order chi connectivity index (χ0) is 26.7. The number of carbonyl (C=O) groups excluding carboxylic acids is 2. The molecule has 1 N–H and O–H groups in total. The van der Waals surface area contributed by atoms with E-state index in [0.29, 0.717) is 35.1 Å². The highest BCUT2D eigenvalue weighted by molar-refractivity contribution is 6.52. The van der Waals surface area contributed by atoms with Crippen LogP contribution >= 0.6 is 11.6 Å². The average Bonchev–Trinajstić information content (AvgIpc) is 3.19. The molecule has 1 saturated heterocycles. The fraction of sp³-hybridized carbons (Fsp3) is 0.241. The van der Waals surface area contributed by atoms with Crippen LogP contribution in [-0.4, -0.2) is 37.6 Å². The molecule has 8 heteroatoms. The number of methoxy groups -OCH3 is 2. The Labute approximate surface area is 220 Å². The van der Waals surface area contributed by atoms with Crippen LogP contribution in [0, 0.1) is 0 Å². The van der Waals surface area contributed by atoms with Crippen molar-refractivity contribution in [2.75, 3.05) is 25.7 Å². The Hall–Kier alpha value is -3.97. The number of nitrogens with zero attached hydrogens (tertiary/aromatic N) is 1. The number of aryl methyl sites for hydroxylation is 1. The molecule has 192 valence electrons. The molecule has 1 heterocycles. The Balaban J connectivity index is 1.95. The van der Waals surface area contributed by atoms with E-state index in [1.54, 1.807) is 36.4 Å². The van der Waals surface area contributed by atoms with E-state index in [-0.39, 0.29) is 21.9 Å². The zero-order valence-electron chi connectivity index (χ0n) is 21.1. The van der Waals surface area contributed by atoms with E-state index in [1.807, 2.05) is 38.1 Å². The van der Waals surface area contributed by atoms with Crippen LogP contribution in [0.2, 0.25) is 5.02 Å². The van der Waals surface area contributed by atoms with E-state index >= 15 is 0 Å². The van der Waals surface area contributed by atoms with Gasteiger partial charge in [0.25, 0.3) is 11.7 Å². The van der Waals surface area contributed by atoms with Gasteiger partial charge in [-0.05, 0) is 54.8 Å². The Morgan fingerprint density at radius 1 is 0.946 bits per heavy atom. The molecule has 0 aromatic heterocycles. The monoisotopic (exact) mass is 521 g/mol. The summed E-state index contributed by atoms with van der Waals surface area (Å²) in [5.41, 5.74) is 2.30. The first-order valence-corrected chi connectivity index (χ1v) is 12.3. The lowest BCUT2D eigenvalue weighted by molar-refractivity contribution is -0.132. The van der Waals surface area contributed by atoms with Gasteiger partial charge in [-0.25, -0.2) is 0 Å². The summed E-state index contributed by atoms with van der Waals surface area (Å²) in [7, 11) is 3.00. The minimum Gasteiger partial charge on any atom is -0.507 e. The molecule has 3 aromatic carbocycles. The number of aliphatic hydroxyl groups excluding tert-OH is 1. The number of anilines is 1. The minimum absolute atomic E-state index is 0.0698. The first-order valence-electron chi connectivity index (χ1n) is 11.9. The first-order chi connectivity index (χ1) is 17.8. The van der Waals surface area contributed by atoms with Gasteiger partial charge in [0.05, 0.1) is 37.5 Å². The number of amides is 1. The lowest BCUT2D eigenvalue weighted by atomic mass is 9.94. The van der Waals surface area contributed by atoms with Gasteiger partial charge in [-0.3, -0.25) is 14.5 Å². The molecule has 0 saturated carbocycles. The number of hydrogen-bond donors (Lipinski definition) is 1. The lowest BCUT2D eigenvalue weighted by Gasteiger charge is -2.26. The van der Waals surface area contributed by atoms with Gasteiger partial charge >= 0.3 is 0 Å². The van der Waals surface area contributed by atoms with E-state index < -0.39 is 17.7 Å². The van der Waals surface area contributed by atoms with Crippen molar-refractivity contribution in [3.8, 4) is 17.2 Å². The molecule has 1 amide bonds. The number of aliphatic hydroxyl groups is 1. The van der Waals surface area contributed by atoms with Crippen molar-refractivity contribution in [3.63, 3.8) is 0 Å². The van der Waals surface area contributed by atoms with Gasteiger partial charge in [0, 0.05) is 17.3 Å². The number of hydrogen-bond acceptors (Lipinski definition) is 6. The van der Waals surface area contributed by atoms with Crippen LogP contribution in [0.3, 0.4) is 0 Å². The molecule has 0 radical (unpaired) electrons. The van der Waals surface area contributed by atoms with Crippen LogP contribution in [0.15, 0.2) is 66.2 Å². The number of benzene rings is 3. The fourth-order valence-electron chi connectivity index (χ4n) is 4.41. The summed E-state index contributed by atoms with van der Waals surface area (Å²) in [4.78, 5) is 28.3. The third kappa shape index (κ3) is 4.87. The van der Waals surface area contributed by atoms with E-state index in [9.17, 15) is 14.7 Å². The van der Waals surface area contributed by atoms with Crippen molar-refractivity contribution < 1.29 is 28.9 Å². The van der Waals surface area contributed by atoms with E-state index in [1.165, 1.54) is 19.1 Å². The third-order valence-electron chi connectivity index (χ3n) is 6.30. The number of ketones is 1. The first kappa shape index (κ1) is 26.1. The van der Waals surface area contributed by atoms with Crippen LogP contribution in [0.25, 0.3) is 5.76 Å². The fourth-order valence-corrected chi connectivity index (χ4v) is 4.62. The topological polar surface area (TPSA) is 85.3 Å². The molecule has 1 fully saturated rings. The Bertz CT molecular complexity index is 1370. The maximum Gasteiger partial charge on any atom is 0.300 e. The number of Topliss-reactive ketones (excluding diaryl/α,β-unsaturated/α-hetero) is 1. The molecular weight excluding hydrogens is 494 g/mol. The number of rotatable bonds is 8. The Morgan fingerprint density at radius 2 is 1.65 bits per heavy atom. The summed E-state index contributed by atoms with van der Waals surface area (Å²) >= 11 is 6.42. The maximum atomic E-state index is 13.5. The molecule has 1 aliphatic rings. The van der Waals surface area contributed by atoms with Gasteiger partial charge in [0.2, 0.25) is 0 Å². The quantitative estimate of drug-likeness (QED) is 0.224. The molecule has 0 aliphatic carbocycles. The van der Waals surface area contributed by atoms with Crippen LogP contribution in [0.5, 0.6) is 17.2 Å². The van der Waals surface area contributed by atoms with Crippen LogP contribution in [0.1, 0.15) is 36.6 Å². The molecule has 7 nitrogen and oxygen atoms in total. The number of halogens is 1. The Kier molecular flexibility index (Phi) is 7.74. The van der Waals surface area contributed by atoms with Gasteiger partial charge in [0.1, 0.15) is 11.5 Å². The second-order valence-corrected chi connectivity index (χ2v) is 8.79. The molecular formula is C29H28ClNO6. The summed E-state index contributed by atoms with van der Waals surface area (Å²) in [6, 6.07) is 16.4. The van der Waals surface area contributed by atoms with E-state index in [0.717, 1.165) is 12.0 Å². The van der Waals surface area contributed by atoms with Crippen molar-refractivity contribution in [1.82, 2.24) is 0 Å². The average molecular weight is 522 g/mol. The van der Waals surface area contributed by atoms with Crippen LogP contribution in [-0.2, 0) is 16.0 Å². The summed E-state index contributed by atoms with van der Waals surface area (Å²) < 4.78 is 16.3. The Morgan fingerprint density at radius 3 is 2.27 bits per heavy atom. The second-order valence-electron chi connectivity index (χ2n) is 8.38. The SMILES string of the molecule is CCOc1ccc(Cl)c(/C(O)=C2\C(=O)C(=O)N(c3ccc(OC)c(OC)c3)C2c2ccc(CC)cc2)c1. The molecule has 3 aromatic rings. The van der Waals surface area contributed by atoms with E-state index in [4.69, 9.17) is 25.8 Å². The van der Waals surface area contributed by atoms with Crippen LogP contribution in [0.4, 0.5) is 5.69 Å². The zero-order valence-corrected chi connectivity index (χ0v) is 21.8. The highest BCUT2D eigenvalue weighted by Gasteiger charge is 2.47. The van der Waals surface area contributed by atoms with Gasteiger partial charge < -0.3 is 19.3 Å². The summed E-state index contributed by atoms with van der Waals surface area (Å²) in [6.45, 7) is 4.29. The molecule has 1 atom stereocenters. The largest absolute Gasteiger partial charge is 0.507 e. The summed E-state index contributed by atoms with van der Waals surface area (Å²) in [5.74, 6) is -0.630. The molecule has 0 bridgehead atoms. The molecule has 1 aliphatic heterocycles. The third-order valence-corrected chi connectivity index (χ3v) is 6.63. The molecule has 4 rings (SSSR count). The standard InChI is InChI=1S/C29H28ClNO6/c1-5-17-7-9-18(10-8-17)26-25(27(32)21-16-20(37-6-2)12-13-22(21)30)28(33)29(34)31(26)19-11-14-23(35-3)24(15-19)36-4/h7-16,26,32H,5-6H2,1-4H3/b27-25+. The van der Waals surface area contributed by atoms with Gasteiger partial charge in [-0.2, -0.15) is 0 Å². The van der Waals surface area contributed by atoms with Crippen LogP contribution < -0.4 is 19.1 Å². The number of ether oxygens (including phenoxy) is 3. The van der Waals surface area contributed by atoms with Crippen molar-refractivity contribution >= 4 is 34.7 Å². The second kappa shape index (κ2) is 11.0. The molecule has 1 unspecified atom stereocenters. The molecule has 0 spiro atoms. The van der Waals surface area contributed by atoms with Gasteiger partial charge in [0.15, 0.2) is 11.5 Å². The van der Waals surface area contributed by atoms with Gasteiger partial charge in [-0.1, -0.05) is 42.8 Å².